The van der Waals surface area contributed by atoms with E-state index in [1.807, 2.05) is 0 Å². The fraction of sp³-hybridized carbons (Fsp3) is 0. The first-order chi connectivity index (χ1) is 0. The molecule has 0 fully saturated rings. The van der Waals surface area contributed by atoms with Crippen molar-refractivity contribution < 1.29 is 58.3 Å². The minimum Gasteiger partial charge on any atom is 0 e. The van der Waals surface area contributed by atoms with E-state index in [0.29, 0.717) is 0 Å². The molecule has 5 heteroatoms. The van der Waals surface area contributed by atoms with E-state index in [1.54, 1.807) is 0 Å². The molecule has 0 unspecified atom stereocenters. The third-order valence-corrected chi connectivity index (χ3v) is 0. The maximum atomic E-state index is 0. The summed E-state index contributed by atoms with van der Waals surface area (Å²) in [5.74, 6) is 0. The topological polar surface area (TPSA) is 0 Å². The van der Waals surface area contributed by atoms with E-state index in [2.05, 4.69) is 0 Å². The Morgan fingerprint density at radius 1 is 1.00 bits per heavy atom. The Kier molecular flexibility index (Phi) is 228. The van der Waals surface area contributed by atoms with E-state index < -0.39 is 0 Å². The number of rotatable bonds is 0. The van der Waals surface area contributed by atoms with Gasteiger partial charge in [0.25, 0.3) is 0 Å². The third-order valence-electron chi connectivity index (χ3n) is 0. The number of hydrogen-bond acceptors (Lipinski definition) is 0. The number of hydrogen-bond donors (Lipinski definition) is 0. The Hall–Kier alpha value is 3.16. The van der Waals surface area contributed by atoms with Gasteiger partial charge in [0.2, 0.25) is 0 Å². The average molecular weight is 225 g/mol. The van der Waals surface area contributed by atoms with Gasteiger partial charge in [0, 0.05) is 58.3 Å². The van der Waals surface area contributed by atoms with Gasteiger partial charge in [-0.15, -0.1) is 0 Å². The van der Waals surface area contributed by atoms with Gasteiger partial charge in [-0.3, -0.25) is 0 Å². The fourth-order valence-corrected chi connectivity index (χ4v) is 0. The molecule has 0 saturated carbocycles. The van der Waals surface area contributed by atoms with Crippen LogP contribution in [0.5, 0.6) is 0 Å². The Morgan fingerprint density at radius 3 is 1.00 bits per heavy atom. The van der Waals surface area contributed by atoms with Crippen molar-refractivity contribution in [1.29, 1.82) is 0 Å². The molecule has 23 valence electrons. The van der Waals surface area contributed by atoms with Crippen LogP contribution in [0.2, 0.25) is 0 Å². The van der Waals surface area contributed by atoms with E-state index in [9.17, 15) is 0 Å². The maximum absolute atomic E-state index is 0. The summed E-state index contributed by atoms with van der Waals surface area (Å²) in [7, 11) is 0. The van der Waals surface area contributed by atoms with Crippen LogP contribution in [-0.2, 0) is 58.3 Å². The van der Waals surface area contributed by atoms with Gasteiger partial charge in [-0.2, -0.15) is 0 Å². The largest absolute Gasteiger partial charge is 0.316 e. The fourth-order valence-electron chi connectivity index (χ4n) is 0. The van der Waals surface area contributed by atoms with Crippen LogP contribution in [0.15, 0.2) is 0 Å². The molecular formula is H5AlMgMnTiZn. The Morgan fingerprint density at radius 2 is 1.00 bits per heavy atom. The van der Waals surface area contributed by atoms with Crippen LogP contribution in [0.1, 0.15) is 0 Å². The normalized spacial score (nSPS) is 0. The van der Waals surface area contributed by atoms with Gasteiger partial charge in [-0.1, -0.05) is 0 Å². The molecule has 0 nitrogen and oxygen atoms in total. The second-order valence-corrected chi connectivity index (χ2v) is 0. The van der Waals surface area contributed by atoms with Gasteiger partial charge in [-0.05, 0) is 0 Å². The Balaban J connectivity index is 0. The van der Waals surface area contributed by atoms with Gasteiger partial charge >= 0.3 is 23.1 Å². The van der Waals surface area contributed by atoms with Gasteiger partial charge in [0.15, 0.2) is 17.4 Å². The molecule has 0 aromatic rings. The molecule has 0 N–H and O–H groups in total. The van der Waals surface area contributed by atoms with Crippen molar-refractivity contribution in [3.05, 3.63) is 0 Å². The molecule has 0 aromatic heterocycles. The SMILES string of the molecule is [AlH3].[MgH2].[Mn].[Ti].[Zn]. The van der Waals surface area contributed by atoms with Crippen LogP contribution in [0.4, 0.5) is 0 Å². The molecule has 0 amide bonds. The van der Waals surface area contributed by atoms with Crippen LogP contribution in [0.3, 0.4) is 0 Å². The van der Waals surface area contributed by atoms with Gasteiger partial charge in [0.1, 0.15) is 0 Å². The molecular weight excluding hydrogens is 219 g/mol. The van der Waals surface area contributed by atoms with E-state index in [4.69, 9.17) is 0 Å². The molecule has 0 aliphatic carbocycles. The van der Waals surface area contributed by atoms with Crippen LogP contribution in [0.25, 0.3) is 0 Å². The summed E-state index contributed by atoms with van der Waals surface area (Å²) in [5, 5.41) is 0. The zero-order valence-electron chi connectivity index (χ0n) is 1.59. The monoisotopic (exact) mass is 223 g/mol. The molecule has 1 radical (unpaired) electrons. The van der Waals surface area contributed by atoms with Crippen molar-refractivity contribution in [2.45, 2.75) is 0 Å². The zero-order valence-corrected chi connectivity index (χ0v) is 7.29. The maximum Gasteiger partial charge on any atom is 0.316 e. The predicted molar refractivity (Wildman–Crippen MR) is 18.5 cm³/mol. The molecule has 0 spiro atoms. The van der Waals surface area contributed by atoms with Gasteiger partial charge in [-0.25, -0.2) is 0 Å². The van der Waals surface area contributed by atoms with E-state index in [1.165, 1.54) is 0 Å². The second-order valence-electron chi connectivity index (χ2n) is 0. The zero-order chi connectivity index (χ0) is 0. The van der Waals surface area contributed by atoms with E-state index in [-0.39, 0.29) is 98.7 Å². The second kappa shape index (κ2) is 27.2. The van der Waals surface area contributed by atoms with Crippen molar-refractivity contribution in [3.63, 3.8) is 0 Å². The Bertz CT molecular complexity index is 11.6. The quantitative estimate of drug-likeness (QED) is 0.413. The predicted octanol–water partition coefficient (Wildman–Crippen LogP) is -2.11. The van der Waals surface area contributed by atoms with E-state index in [0.717, 1.165) is 0 Å². The minimum absolute atomic E-state index is 0. The first-order valence-electron chi connectivity index (χ1n) is 0. The van der Waals surface area contributed by atoms with Crippen LogP contribution >= 0.6 is 0 Å². The molecule has 0 saturated heterocycles. The molecule has 0 aliphatic rings. The van der Waals surface area contributed by atoms with Crippen LogP contribution in [0, 0.1) is 0 Å². The summed E-state index contributed by atoms with van der Waals surface area (Å²) in [6.45, 7) is 0. The summed E-state index contributed by atoms with van der Waals surface area (Å²) in [6, 6.07) is 0. The van der Waals surface area contributed by atoms with Crippen molar-refractivity contribution in [2.75, 3.05) is 0 Å². The molecule has 0 rings (SSSR count). The van der Waals surface area contributed by atoms with Crippen molar-refractivity contribution in [1.82, 2.24) is 0 Å². The standard InChI is InChI=1S/Al.Mg.Mn.Ti.Zn.5H. The summed E-state index contributed by atoms with van der Waals surface area (Å²) in [5.41, 5.74) is 0. The molecule has 0 aromatic carbocycles. The molecule has 0 atom stereocenters. The summed E-state index contributed by atoms with van der Waals surface area (Å²) in [4.78, 5) is 0. The molecule has 0 bridgehead atoms. The summed E-state index contributed by atoms with van der Waals surface area (Å²) in [6.07, 6.45) is 0. The van der Waals surface area contributed by atoms with E-state index >= 15 is 0 Å². The van der Waals surface area contributed by atoms with Crippen LogP contribution < -0.4 is 0 Å². The minimum atomic E-state index is 0. The van der Waals surface area contributed by atoms with Crippen molar-refractivity contribution >= 4 is 40.4 Å². The van der Waals surface area contributed by atoms with Crippen molar-refractivity contribution in [3.8, 4) is 0 Å². The smallest absolute Gasteiger partial charge is 0 e. The van der Waals surface area contributed by atoms with Crippen molar-refractivity contribution in [2.24, 2.45) is 0 Å². The first-order valence-corrected chi connectivity index (χ1v) is 0. The molecule has 5 heavy (non-hydrogen) atoms. The van der Waals surface area contributed by atoms with Crippen LogP contribution in [-0.4, -0.2) is 40.4 Å². The molecule has 0 heterocycles. The Labute approximate surface area is 97.0 Å². The molecule has 0 aliphatic heterocycles. The average Bonchev–Trinajstić information content (AvgIpc) is 0. The first kappa shape index (κ1) is 41.9. The summed E-state index contributed by atoms with van der Waals surface area (Å²) >= 11 is 0. The van der Waals surface area contributed by atoms with Gasteiger partial charge in [0.05, 0.1) is 0 Å². The summed E-state index contributed by atoms with van der Waals surface area (Å²) < 4.78 is 0. The third kappa shape index (κ3) is 19.1. The van der Waals surface area contributed by atoms with Gasteiger partial charge < -0.3 is 0 Å².